The summed E-state index contributed by atoms with van der Waals surface area (Å²) >= 11 is 0. The average Bonchev–Trinajstić information content (AvgIpc) is 2.64. The van der Waals surface area contributed by atoms with Crippen molar-refractivity contribution in [3.63, 3.8) is 0 Å². The van der Waals surface area contributed by atoms with Crippen molar-refractivity contribution >= 4 is 17.6 Å². The summed E-state index contributed by atoms with van der Waals surface area (Å²) < 4.78 is 0. The highest BCUT2D eigenvalue weighted by Gasteiger charge is 2.16. The molecule has 1 aromatic carbocycles. The number of aliphatic hydroxyl groups is 1. The maximum absolute atomic E-state index is 12.0. The van der Waals surface area contributed by atoms with Crippen LogP contribution in [0.5, 0.6) is 0 Å². The number of urea groups is 1. The molecule has 0 aliphatic carbocycles. The molecule has 0 saturated carbocycles. The van der Waals surface area contributed by atoms with Crippen LogP contribution in [0.4, 0.5) is 10.5 Å². The third-order valence-electron chi connectivity index (χ3n) is 4.76. The van der Waals surface area contributed by atoms with E-state index in [0.29, 0.717) is 19.4 Å². The number of rotatable bonds is 8. The van der Waals surface area contributed by atoms with Gasteiger partial charge in [-0.15, -0.1) is 0 Å². The topological polar surface area (TPSA) is 84.9 Å². The lowest BCUT2D eigenvalue weighted by molar-refractivity contribution is -0.128. The number of anilines is 1. The van der Waals surface area contributed by atoms with Crippen LogP contribution in [-0.4, -0.2) is 73.2 Å². The minimum Gasteiger partial charge on any atom is -0.392 e. The first-order valence-corrected chi connectivity index (χ1v) is 9.68. The number of aryl methyl sites for hydroxylation is 1. The predicted molar refractivity (Wildman–Crippen MR) is 107 cm³/mol. The van der Waals surface area contributed by atoms with Gasteiger partial charge in [-0.1, -0.05) is 12.1 Å². The van der Waals surface area contributed by atoms with E-state index in [1.54, 1.807) is 19.0 Å². The Bertz CT molecular complexity index is 604. The molecule has 1 saturated heterocycles. The van der Waals surface area contributed by atoms with E-state index >= 15 is 0 Å². The molecule has 0 unspecified atom stereocenters. The molecule has 0 aromatic heterocycles. The maximum Gasteiger partial charge on any atom is 0.319 e. The minimum atomic E-state index is -0.218. The summed E-state index contributed by atoms with van der Waals surface area (Å²) in [4.78, 5) is 27.4. The summed E-state index contributed by atoms with van der Waals surface area (Å²) in [5.74, 6) is 0.107. The van der Waals surface area contributed by atoms with E-state index in [2.05, 4.69) is 15.5 Å². The van der Waals surface area contributed by atoms with Gasteiger partial charge in [0.1, 0.15) is 0 Å². The van der Waals surface area contributed by atoms with Crippen molar-refractivity contribution < 1.29 is 14.7 Å². The maximum atomic E-state index is 12.0. The Morgan fingerprint density at radius 3 is 2.67 bits per heavy atom. The quantitative estimate of drug-likeness (QED) is 0.603. The largest absolute Gasteiger partial charge is 0.392 e. The van der Waals surface area contributed by atoms with Crippen LogP contribution < -0.4 is 10.6 Å². The summed E-state index contributed by atoms with van der Waals surface area (Å²) in [6.07, 6.45) is 3.75. The van der Waals surface area contributed by atoms with Gasteiger partial charge in [-0.05, 0) is 56.5 Å². The first-order chi connectivity index (χ1) is 12.9. The fraction of sp³-hybridized carbons (Fsp3) is 0.600. The van der Waals surface area contributed by atoms with Gasteiger partial charge in [-0.2, -0.15) is 0 Å². The number of carbonyl (C=O) groups is 2. The van der Waals surface area contributed by atoms with Gasteiger partial charge < -0.3 is 25.5 Å². The smallest absolute Gasteiger partial charge is 0.319 e. The lowest BCUT2D eigenvalue weighted by Crippen LogP contribution is -2.40. The SMILES string of the molecule is CN(C)C(=O)CCc1ccc(NC(=O)NCCCN2CCC[C@@H](O)C2)cc1. The lowest BCUT2D eigenvalue weighted by Gasteiger charge is -2.29. The second kappa shape index (κ2) is 10.9. The van der Waals surface area contributed by atoms with Crippen LogP contribution in [0.15, 0.2) is 24.3 Å². The van der Waals surface area contributed by atoms with Crippen molar-refractivity contribution in [1.82, 2.24) is 15.1 Å². The standard InChI is InChI=1S/C20H32N4O3/c1-23(2)19(26)11-8-16-6-9-17(10-7-16)22-20(27)21-12-4-14-24-13-3-5-18(25)15-24/h6-7,9-10,18,25H,3-5,8,11-15H2,1-2H3,(H2,21,22,27)/t18-/m1/s1. The lowest BCUT2D eigenvalue weighted by atomic mass is 10.1. The Labute approximate surface area is 161 Å². The highest BCUT2D eigenvalue weighted by molar-refractivity contribution is 5.89. The van der Waals surface area contributed by atoms with Crippen molar-refractivity contribution in [1.29, 1.82) is 0 Å². The fourth-order valence-corrected chi connectivity index (χ4v) is 3.14. The van der Waals surface area contributed by atoms with E-state index in [1.165, 1.54) is 0 Å². The molecule has 1 fully saturated rings. The Morgan fingerprint density at radius 1 is 1.26 bits per heavy atom. The Kier molecular flexibility index (Phi) is 8.54. The molecule has 27 heavy (non-hydrogen) atoms. The van der Waals surface area contributed by atoms with Crippen LogP contribution in [0.3, 0.4) is 0 Å². The van der Waals surface area contributed by atoms with Crippen LogP contribution in [0.2, 0.25) is 0 Å². The zero-order chi connectivity index (χ0) is 19.6. The van der Waals surface area contributed by atoms with Crippen molar-refractivity contribution in [2.45, 2.75) is 38.2 Å². The molecular weight excluding hydrogens is 344 g/mol. The van der Waals surface area contributed by atoms with Gasteiger partial charge in [0.25, 0.3) is 0 Å². The van der Waals surface area contributed by atoms with Crippen molar-refractivity contribution in [2.75, 3.05) is 45.6 Å². The molecule has 0 radical (unpaired) electrons. The Hall–Kier alpha value is -2.12. The van der Waals surface area contributed by atoms with Crippen molar-refractivity contribution in [3.05, 3.63) is 29.8 Å². The van der Waals surface area contributed by atoms with Gasteiger partial charge in [0.15, 0.2) is 0 Å². The first-order valence-electron chi connectivity index (χ1n) is 9.68. The number of nitrogens with zero attached hydrogens (tertiary/aromatic N) is 2. The van der Waals surface area contributed by atoms with Gasteiger partial charge >= 0.3 is 6.03 Å². The summed E-state index contributed by atoms with van der Waals surface area (Å²) in [7, 11) is 3.51. The summed E-state index contributed by atoms with van der Waals surface area (Å²) in [6, 6.07) is 7.35. The number of aliphatic hydroxyl groups excluding tert-OH is 1. The number of piperidine rings is 1. The van der Waals surface area contributed by atoms with Gasteiger partial charge in [0.05, 0.1) is 6.10 Å². The average molecular weight is 377 g/mol. The fourth-order valence-electron chi connectivity index (χ4n) is 3.14. The molecule has 7 nitrogen and oxygen atoms in total. The van der Waals surface area contributed by atoms with Gasteiger partial charge in [0, 0.05) is 39.3 Å². The number of carbonyl (C=O) groups excluding carboxylic acids is 2. The van der Waals surface area contributed by atoms with Crippen LogP contribution in [0.1, 0.15) is 31.2 Å². The summed E-state index contributed by atoms with van der Waals surface area (Å²) in [6.45, 7) is 3.25. The molecule has 1 atom stereocenters. The van der Waals surface area contributed by atoms with Gasteiger partial charge in [-0.3, -0.25) is 4.79 Å². The van der Waals surface area contributed by atoms with Crippen LogP contribution in [-0.2, 0) is 11.2 Å². The Morgan fingerprint density at radius 2 is 2.00 bits per heavy atom. The molecule has 1 heterocycles. The monoisotopic (exact) mass is 376 g/mol. The Balaban J connectivity index is 1.63. The highest BCUT2D eigenvalue weighted by Crippen LogP contribution is 2.12. The minimum absolute atomic E-state index is 0.107. The third-order valence-corrected chi connectivity index (χ3v) is 4.76. The number of hydrogen-bond acceptors (Lipinski definition) is 4. The molecule has 1 aliphatic rings. The molecule has 1 aliphatic heterocycles. The number of amides is 3. The number of nitrogens with one attached hydrogen (secondary N) is 2. The van der Waals surface area contributed by atoms with Gasteiger partial charge in [-0.25, -0.2) is 4.79 Å². The molecule has 0 spiro atoms. The normalized spacial score (nSPS) is 17.4. The highest BCUT2D eigenvalue weighted by atomic mass is 16.3. The molecule has 0 bridgehead atoms. The number of β-amino-alcohol motifs (C(OH)–C–C–N with tert-alkyl or cyclic N) is 1. The van der Waals surface area contributed by atoms with Crippen LogP contribution in [0, 0.1) is 0 Å². The number of hydrogen-bond donors (Lipinski definition) is 3. The summed E-state index contributed by atoms with van der Waals surface area (Å²) in [5.41, 5.74) is 1.80. The molecule has 7 heteroatoms. The molecule has 3 N–H and O–H groups in total. The zero-order valence-electron chi connectivity index (χ0n) is 16.4. The van der Waals surface area contributed by atoms with Crippen molar-refractivity contribution in [2.24, 2.45) is 0 Å². The van der Waals surface area contributed by atoms with Gasteiger partial charge in [0.2, 0.25) is 5.91 Å². The second-order valence-corrected chi connectivity index (χ2v) is 7.32. The van der Waals surface area contributed by atoms with Crippen molar-refractivity contribution in [3.8, 4) is 0 Å². The number of benzene rings is 1. The first kappa shape index (κ1) is 21.2. The van der Waals surface area contributed by atoms with E-state index in [4.69, 9.17) is 0 Å². The van der Waals surface area contributed by atoms with E-state index in [-0.39, 0.29) is 18.0 Å². The molecule has 2 rings (SSSR count). The van der Waals surface area contributed by atoms with E-state index < -0.39 is 0 Å². The third kappa shape index (κ3) is 7.97. The van der Waals surface area contributed by atoms with Crippen LogP contribution >= 0.6 is 0 Å². The predicted octanol–water partition coefficient (Wildman–Crippen LogP) is 1.68. The van der Waals surface area contributed by atoms with E-state index in [0.717, 1.165) is 50.1 Å². The van der Waals surface area contributed by atoms with E-state index in [1.807, 2.05) is 24.3 Å². The second-order valence-electron chi connectivity index (χ2n) is 7.32. The molecule has 150 valence electrons. The summed E-state index contributed by atoms with van der Waals surface area (Å²) in [5, 5.41) is 15.3. The number of likely N-dealkylation sites (tertiary alicyclic amines) is 1. The molecule has 3 amide bonds. The van der Waals surface area contributed by atoms with E-state index in [9.17, 15) is 14.7 Å². The molecule has 1 aromatic rings. The zero-order valence-corrected chi connectivity index (χ0v) is 16.4. The van der Waals surface area contributed by atoms with Crippen LogP contribution in [0.25, 0.3) is 0 Å². The molecular formula is C20H32N4O3.